The van der Waals surface area contributed by atoms with Crippen LogP contribution in [0.3, 0.4) is 0 Å². The number of hydrogen-bond acceptors (Lipinski definition) is 2. The average molecular weight is 212 g/mol. The van der Waals surface area contributed by atoms with Crippen molar-refractivity contribution in [2.45, 2.75) is 13.0 Å². The van der Waals surface area contributed by atoms with Crippen molar-refractivity contribution in [2.24, 2.45) is 5.11 Å². The predicted octanol–water partition coefficient (Wildman–Crippen LogP) is 2.99. The summed E-state index contributed by atoms with van der Waals surface area (Å²) in [6, 6.07) is 4.77. The lowest BCUT2D eigenvalue weighted by Crippen LogP contribution is -2.03. The molecule has 0 aliphatic carbocycles. The van der Waals surface area contributed by atoms with Gasteiger partial charge < -0.3 is 5.11 Å². The molecular weight excluding hydrogens is 202 g/mol. The maximum Gasteiger partial charge on any atom is 0.0873 e. The van der Waals surface area contributed by atoms with E-state index in [0.717, 1.165) is 5.56 Å². The molecule has 1 N–H and O–H groups in total. The summed E-state index contributed by atoms with van der Waals surface area (Å²) in [4.78, 5) is 2.67. The fourth-order valence-electron chi connectivity index (χ4n) is 1.31. The first-order valence-electron chi connectivity index (χ1n) is 4.10. The number of benzene rings is 1. The lowest BCUT2D eigenvalue weighted by atomic mass is 10.0. The summed E-state index contributed by atoms with van der Waals surface area (Å²) in [5, 5.41) is 13.0. The van der Waals surface area contributed by atoms with E-state index in [1.165, 1.54) is 0 Å². The standard InChI is InChI=1S/C9H10ClN3O/c1-6-3-2-4-7(10)9(6)8(5-14)12-13-11/h2-4,8,14H,5H2,1H3. The highest BCUT2D eigenvalue weighted by molar-refractivity contribution is 6.31. The Morgan fingerprint density at radius 1 is 1.64 bits per heavy atom. The Labute approximate surface area is 86.8 Å². The third-order valence-electron chi connectivity index (χ3n) is 1.97. The van der Waals surface area contributed by atoms with Crippen LogP contribution >= 0.6 is 11.6 Å². The van der Waals surface area contributed by atoms with Crippen LogP contribution in [0, 0.1) is 6.92 Å². The largest absolute Gasteiger partial charge is 0.396 e. The molecule has 0 aromatic heterocycles. The topological polar surface area (TPSA) is 69.0 Å². The van der Waals surface area contributed by atoms with Crippen LogP contribution in [0.15, 0.2) is 23.3 Å². The number of aliphatic hydroxyl groups excluding tert-OH is 1. The van der Waals surface area contributed by atoms with Gasteiger partial charge in [-0.25, -0.2) is 0 Å². The molecule has 5 heteroatoms. The fourth-order valence-corrected chi connectivity index (χ4v) is 1.66. The highest BCUT2D eigenvalue weighted by atomic mass is 35.5. The number of nitrogens with zero attached hydrogens (tertiary/aromatic N) is 3. The zero-order valence-electron chi connectivity index (χ0n) is 7.68. The van der Waals surface area contributed by atoms with Gasteiger partial charge in [-0.05, 0) is 29.6 Å². The highest BCUT2D eigenvalue weighted by Gasteiger charge is 2.14. The third-order valence-corrected chi connectivity index (χ3v) is 2.30. The molecule has 0 aliphatic rings. The summed E-state index contributed by atoms with van der Waals surface area (Å²) >= 11 is 5.94. The second-order valence-corrected chi connectivity index (χ2v) is 3.28. The molecule has 0 saturated carbocycles. The molecule has 4 nitrogen and oxygen atoms in total. The molecule has 0 heterocycles. The monoisotopic (exact) mass is 211 g/mol. The lowest BCUT2D eigenvalue weighted by molar-refractivity contribution is 0.267. The molecule has 0 bridgehead atoms. The van der Waals surface area contributed by atoms with Gasteiger partial charge in [0.05, 0.1) is 12.6 Å². The van der Waals surface area contributed by atoms with Crippen molar-refractivity contribution < 1.29 is 5.11 Å². The Bertz CT molecular complexity index is 354. The van der Waals surface area contributed by atoms with Crippen molar-refractivity contribution in [3.8, 4) is 0 Å². The number of azide groups is 1. The summed E-state index contributed by atoms with van der Waals surface area (Å²) in [6.07, 6.45) is 0. The Hall–Kier alpha value is -1.22. The van der Waals surface area contributed by atoms with Crippen LogP contribution in [0.5, 0.6) is 0 Å². The zero-order valence-corrected chi connectivity index (χ0v) is 8.44. The molecule has 1 aromatic rings. The highest BCUT2D eigenvalue weighted by Crippen LogP contribution is 2.28. The van der Waals surface area contributed by atoms with Gasteiger partial charge in [-0.1, -0.05) is 28.8 Å². The van der Waals surface area contributed by atoms with E-state index in [4.69, 9.17) is 22.2 Å². The van der Waals surface area contributed by atoms with Crippen LogP contribution in [0.1, 0.15) is 17.2 Å². The minimum Gasteiger partial charge on any atom is -0.396 e. The molecule has 0 aliphatic heterocycles. The predicted molar refractivity (Wildman–Crippen MR) is 55.2 cm³/mol. The van der Waals surface area contributed by atoms with Crippen molar-refractivity contribution in [1.29, 1.82) is 0 Å². The maximum atomic E-state index is 9.04. The number of rotatable bonds is 3. The number of hydrogen-bond donors (Lipinski definition) is 1. The van der Waals surface area contributed by atoms with Crippen LogP contribution in [0.4, 0.5) is 0 Å². The molecule has 0 saturated heterocycles. The molecule has 0 spiro atoms. The lowest BCUT2D eigenvalue weighted by Gasteiger charge is -2.12. The molecule has 1 unspecified atom stereocenters. The number of aryl methyl sites for hydroxylation is 1. The molecule has 14 heavy (non-hydrogen) atoms. The van der Waals surface area contributed by atoms with Gasteiger partial charge in [0.25, 0.3) is 0 Å². The van der Waals surface area contributed by atoms with Crippen LogP contribution in [0.25, 0.3) is 10.4 Å². The van der Waals surface area contributed by atoms with Crippen molar-refractivity contribution in [3.63, 3.8) is 0 Å². The molecular formula is C9H10ClN3O. The molecule has 1 rings (SSSR count). The Balaban J connectivity index is 3.21. The quantitative estimate of drug-likeness (QED) is 0.466. The van der Waals surface area contributed by atoms with Crippen molar-refractivity contribution in [1.82, 2.24) is 0 Å². The third kappa shape index (κ3) is 2.17. The Morgan fingerprint density at radius 2 is 2.36 bits per heavy atom. The summed E-state index contributed by atoms with van der Waals surface area (Å²) in [7, 11) is 0. The summed E-state index contributed by atoms with van der Waals surface area (Å²) in [5.41, 5.74) is 9.91. The van der Waals surface area contributed by atoms with Crippen LogP contribution < -0.4 is 0 Å². The van der Waals surface area contributed by atoms with E-state index in [1.54, 1.807) is 6.07 Å². The molecule has 0 fully saturated rings. The summed E-state index contributed by atoms with van der Waals surface area (Å²) in [6.45, 7) is 1.62. The van der Waals surface area contributed by atoms with Crippen LogP contribution in [0.2, 0.25) is 5.02 Å². The van der Waals surface area contributed by atoms with Crippen LogP contribution in [-0.4, -0.2) is 11.7 Å². The SMILES string of the molecule is Cc1cccc(Cl)c1C(CO)N=[N+]=[N-]. The van der Waals surface area contributed by atoms with Crippen molar-refractivity contribution in [2.75, 3.05) is 6.61 Å². The van der Waals surface area contributed by atoms with Crippen molar-refractivity contribution in [3.05, 3.63) is 44.8 Å². The molecule has 1 atom stereocenters. The fraction of sp³-hybridized carbons (Fsp3) is 0.333. The van der Waals surface area contributed by atoms with Crippen molar-refractivity contribution >= 4 is 11.6 Å². The second-order valence-electron chi connectivity index (χ2n) is 2.87. The van der Waals surface area contributed by atoms with E-state index in [2.05, 4.69) is 10.0 Å². The molecule has 1 aromatic carbocycles. The first kappa shape index (κ1) is 10.9. The van der Waals surface area contributed by atoms with E-state index < -0.39 is 6.04 Å². The maximum absolute atomic E-state index is 9.04. The molecule has 0 amide bonds. The molecule has 74 valence electrons. The van der Waals surface area contributed by atoms with E-state index >= 15 is 0 Å². The van der Waals surface area contributed by atoms with E-state index in [1.807, 2.05) is 19.1 Å². The Kier molecular flexibility index (Phi) is 3.77. The van der Waals surface area contributed by atoms with E-state index in [-0.39, 0.29) is 6.61 Å². The zero-order chi connectivity index (χ0) is 10.6. The van der Waals surface area contributed by atoms with Gasteiger partial charge in [0.15, 0.2) is 0 Å². The number of aliphatic hydroxyl groups is 1. The van der Waals surface area contributed by atoms with Gasteiger partial charge in [-0.2, -0.15) is 0 Å². The minimum atomic E-state index is -0.603. The minimum absolute atomic E-state index is 0.241. The van der Waals surface area contributed by atoms with E-state index in [9.17, 15) is 0 Å². The van der Waals surface area contributed by atoms with E-state index in [0.29, 0.717) is 10.6 Å². The van der Waals surface area contributed by atoms with Gasteiger partial charge in [-0.15, -0.1) is 0 Å². The first-order chi connectivity index (χ1) is 6.70. The summed E-state index contributed by atoms with van der Waals surface area (Å²) < 4.78 is 0. The van der Waals surface area contributed by atoms with Gasteiger partial charge in [-0.3, -0.25) is 0 Å². The van der Waals surface area contributed by atoms with Gasteiger partial charge in [0.1, 0.15) is 0 Å². The summed E-state index contributed by atoms with van der Waals surface area (Å²) in [5.74, 6) is 0. The van der Waals surface area contributed by atoms with Gasteiger partial charge in [0, 0.05) is 9.93 Å². The van der Waals surface area contributed by atoms with Gasteiger partial charge >= 0.3 is 0 Å². The van der Waals surface area contributed by atoms with Gasteiger partial charge in [0.2, 0.25) is 0 Å². The Morgan fingerprint density at radius 3 is 2.86 bits per heavy atom. The number of halogens is 1. The average Bonchev–Trinajstić information content (AvgIpc) is 2.16. The smallest absolute Gasteiger partial charge is 0.0873 e. The first-order valence-corrected chi connectivity index (χ1v) is 4.48. The second kappa shape index (κ2) is 4.86. The normalized spacial score (nSPS) is 11.9. The van der Waals surface area contributed by atoms with Crippen LogP contribution in [-0.2, 0) is 0 Å². The molecule has 0 radical (unpaired) electrons.